The lowest BCUT2D eigenvalue weighted by molar-refractivity contribution is -0.126. The van der Waals surface area contributed by atoms with Gasteiger partial charge in [-0.2, -0.15) is 0 Å². The van der Waals surface area contributed by atoms with E-state index in [0.717, 1.165) is 0 Å². The largest absolute Gasteiger partial charge is 0.312 e. The molecule has 0 N–H and O–H groups in total. The van der Waals surface area contributed by atoms with E-state index in [4.69, 9.17) is 0 Å². The van der Waals surface area contributed by atoms with E-state index in [9.17, 15) is 4.79 Å². The molecule has 0 spiro atoms. The van der Waals surface area contributed by atoms with Crippen LogP contribution in [0.15, 0.2) is 12.3 Å². The number of carbonyl (C=O) groups is 1. The van der Waals surface area contributed by atoms with Crippen LogP contribution in [0.5, 0.6) is 0 Å². The number of rotatable bonds is 1. The summed E-state index contributed by atoms with van der Waals surface area (Å²) in [5, 5.41) is 0. The maximum Gasteiger partial charge on any atom is 0.252 e. The lowest BCUT2D eigenvalue weighted by Crippen LogP contribution is -2.32. The van der Waals surface area contributed by atoms with Gasteiger partial charge in [-0.15, -0.1) is 0 Å². The fourth-order valence-corrected chi connectivity index (χ4v) is 0.876. The summed E-state index contributed by atoms with van der Waals surface area (Å²) in [5.74, 6) is 0.188. The molecule has 1 aliphatic carbocycles. The van der Waals surface area contributed by atoms with Gasteiger partial charge < -0.3 is 4.90 Å². The zero-order valence-electron chi connectivity index (χ0n) is 4.50. The fraction of sp³-hybridized carbons (Fsp3) is 0.500. The molecule has 1 aliphatic heterocycles. The minimum Gasteiger partial charge on any atom is -0.312 e. The summed E-state index contributed by atoms with van der Waals surface area (Å²) >= 11 is 0. The number of amides is 1. The molecule has 42 valence electrons. The maximum absolute atomic E-state index is 10.6. The molecule has 0 aromatic rings. The molecule has 0 radical (unpaired) electrons. The van der Waals surface area contributed by atoms with Crippen LogP contribution in [0.25, 0.3) is 0 Å². The van der Waals surface area contributed by atoms with E-state index in [0.29, 0.717) is 6.04 Å². The highest BCUT2D eigenvalue weighted by Gasteiger charge is 2.33. The second kappa shape index (κ2) is 1.13. The first-order valence-electron chi connectivity index (χ1n) is 2.88. The van der Waals surface area contributed by atoms with Crippen molar-refractivity contribution in [2.24, 2.45) is 0 Å². The molecule has 2 nitrogen and oxygen atoms in total. The highest BCUT2D eigenvalue weighted by atomic mass is 16.2. The van der Waals surface area contributed by atoms with Crippen molar-refractivity contribution in [2.75, 3.05) is 0 Å². The molecule has 2 aliphatic rings. The zero-order valence-corrected chi connectivity index (χ0v) is 4.50. The van der Waals surface area contributed by atoms with Crippen LogP contribution in [-0.4, -0.2) is 16.8 Å². The molecule has 0 saturated heterocycles. The lowest BCUT2D eigenvalue weighted by atomic mass is 10.3. The standard InChI is InChI=1S/C6H7NO/c8-6-3-4-7(6)5-1-2-5/h3-5H,1-2H2. The topological polar surface area (TPSA) is 20.3 Å². The molecule has 1 fully saturated rings. The van der Waals surface area contributed by atoms with Crippen molar-refractivity contribution < 1.29 is 4.79 Å². The van der Waals surface area contributed by atoms with Gasteiger partial charge in [-0.1, -0.05) is 0 Å². The normalized spacial score (nSPS) is 26.0. The van der Waals surface area contributed by atoms with Gasteiger partial charge in [0.15, 0.2) is 0 Å². The monoisotopic (exact) mass is 109 g/mol. The van der Waals surface area contributed by atoms with Crippen LogP contribution in [0.3, 0.4) is 0 Å². The molecule has 1 saturated carbocycles. The van der Waals surface area contributed by atoms with Crippen molar-refractivity contribution >= 4 is 5.91 Å². The number of carbonyl (C=O) groups excluding carboxylic acids is 1. The van der Waals surface area contributed by atoms with E-state index in [1.165, 1.54) is 12.8 Å². The number of nitrogens with zero attached hydrogens (tertiary/aromatic N) is 1. The SMILES string of the molecule is O=C1C=CN1C1CC1. The van der Waals surface area contributed by atoms with Crippen molar-refractivity contribution in [1.82, 2.24) is 4.90 Å². The Morgan fingerprint density at radius 1 is 1.62 bits per heavy atom. The van der Waals surface area contributed by atoms with Gasteiger partial charge in [0.25, 0.3) is 5.91 Å². The highest BCUT2D eigenvalue weighted by molar-refractivity contribution is 5.94. The Kier molecular flexibility index (Phi) is 0.583. The number of hydrogen-bond donors (Lipinski definition) is 0. The van der Waals surface area contributed by atoms with Gasteiger partial charge in [0.05, 0.1) is 0 Å². The second-order valence-electron chi connectivity index (χ2n) is 2.29. The molecule has 0 bridgehead atoms. The highest BCUT2D eigenvalue weighted by Crippen LogP contribution is 2.29. The predicted molar refractivity (Wildman–Crippen MR) is 29.0 cm³/mol. The minimum atomic E-state index is 0.188. The van der Waals surface area contributed by atoms with Crippen LogP contribution in [-0.2, 0) is 4.79 Å². The molecular formula is C6H7NO. The molecule has 8 heavy (non-hydrogen) atoms. The predicted octanol–water partition coefficient (Wildman–Crippen LogP) is 0.505. The summed E-state index contributed by atoms with van der Waals surface area (Å²) < 4.78 is 0. The summed E-state index contributed by atoms with van der Waals surface area (Å²) in [5.41, 5.74) is 0. The second-order valence-corrected chi connectivity index (χ2v) is 2.29. The van der Waals surface area contributed by atoms with Crippen LogP contribution >= 0.6 is 0 Å². The first-order valence-corrected chi connectivity index (χ1v) is 2.88. The molecule has 0 aromatic carbocycles. The first-order chi connectivity index (χ1) is 3.88. The average Bonchev–Trinajstić information content (AvgIpc) is 2.46. The summed E-state index contributed by atoms with van der Waals surface area (Å²) in [6.45, 7) is 0. The number of hydrogen-bond acceptors (Lipinski definition) is 1. The first kappa shape index (κ1) is 4.13. The van der Waals surface area contributed by atoms with Gasteiger partial charge in [0.1, 0.15) is 0 Å². The Morgan fingerprint density at radius 3 is 2.50 bits per heavy atom. The van der Waals surface area contributed by atoms with E-state index in [2.05, 4.69) is 0 Å². The Bertz CT molecular complexity index is 158. The van der Waals surface area contributed by atoms with Gasteiger partial charge >= 0.3 is 0 Å². The van der Waals surface area contributed by atoms with E-state index in [-0.39, 0.29) is 5.91 Å². The molecule has 0 atom stereocenters. The molecule has 0 aromatic heterocycles. The summed E-state index contributed by atoms with van der Waals surface area (Å²) in [6.07, 6.45) is 5.88. The summed E-state index contributed by atoms with van der Waals surface area (Å²) in [7, 11) is 0. The summed E-state index contributed by atoms with van der Waals surface area (Å²) in [6, 6.07) is 0.576. The molecule has 2 heteroatoms. The van der Waals surface area contributed by atoms with Crippen LogP contribution in [0.2, 0.25) is 0 Å². The molecular weight excluding hydrogens is 102 g/mol. The Hall–Kier alpha value is -0.790. The van der Waals surface area contributed by atoms with Gasteiger partial charge in [-0.25, -0.2) is 0 Å². The smallest absolute Gasteiger partial charge is 0.252 e. The van der Waals surface area contributed by atoms with Crippen molar-refractivity contribution in [3.63, 3.8) is 0 Å². The van der Waals surface area contributed by atoms with Crippen molar-refractivity contribution in [3.05, 3.63) is 12.3 Å². The maximum atomic E-state index is 10.6. The van der Waals surface area contributed by atoms with Gasteiger partial charge in [0, 0.05) is 18.3 Å². The Labute approximate surface area is 47.8 Å². The quantitative estimate of drug-likeness (QED) is 0.480. The van der Waals surface area contributed by atoms with E-state index >= 15 is 0 Å². The minimum absolute atomic E-state index is 0.188. The fourth-order valence-electron chi connectivity index (χ4n) is 0.876. The Morgan fingerprint density at radius 2 is 2.38 bits per heavy atom. The van der Waals surface area contributed by atoms with Crippen LogP contribution in [0.4, 0.5) is 0 Å². The third-order valence-corrected chi connectivity index (χ3v) is 1.57. The lowest BCUT2D eigenvalue weighted by Gasteiger charge is -2.21. The van der Waals surface area contributed by atoms with E-state index in [1.807, 2.05) is 6.20 Å². The molecule has 2 rings (SSSR count). The van der Waals surface area contributed by atoms with E-state index in [1.54, 1.807) is 11.0 Å². The van der Waals surface area contributed by atoms with Crippen molar-refractivity contribution in [2.45, 2.75) is 18.9 Å². The van der Waals surface area contributed by atoms with Crippen LogP contribution in [0, 0.1) is 0 Å². The third-order valence-electron chi connectivity index (χ3n) is 1.57. The third kappa shape index (κ3) is 0.399. The summed E-state index contributed by atoms with van der Waals surface area (Å²) in [4.78, 5) is 12.4. The zero-order chi connectivity index (χ0) is 5.56. The Balaban J connectivity index is 2.08. The van der Waals surface area contributed by atoms with Crippen LogP contribution in [0.1, 0.15) is 12.8 Å². The molecule has 0 unspecified atom stereocenters. The average molecular weight is 109 g/mol. The van der Waals surface area contributed by atoms with Crippen molar-refractivity contribution in [1.29, 1.82) is 0 Å². The van der Waals surface area contributed by atoms with Crippen LogP contribution < -0.4 is 0 Å². The molecule has 1 heterocycles. The van der Waals surface area contributed by atoms with Gasteiger partial charge in [0.2, 0.25) is 0 Å². The van der Waals surface area contributed by atoms with Gasteiger partial charge in [-0.3, -0.25) is 4.79 Å². The van der Waals surface area contributed by atoms with Crippen molar-refractivity contribution in [3.8, 4) is 0 Å². The van der Waals surface area contributed by atoms with E-state index < -0.39 is 0 Å². The van der Waals surface area contributed by atoms with Gasteiger partial charge in [-0.05, 0) is 12.8 Å². The molecule has 1 amide bonds.